The molecule has 0 spiro atoms. The van der Waals surface area contributed by atoms with Crippen LogP contribution in [0, 0.1) is 0 Å². The van der Waals surface area contributed by atoms with Gasteiger partial charge in [0.05, 0.1) is 16.3 Å². The van der Waals surface area contributed by atoms with Crippen molar-refractivity contribution in [3.8, 4) is 0 Å². The summed E-state index contributed by atoms with van der Waals surface area (Å²) in [4.78, 5) is 6.25. The van der Waals surface area contributed by atoms with Gasteiger partial charge in [0.15, 0.2) is 5.13 Å². The number of aromatic nitrogens is 1. The van der Waals surface area contributed by atoms with E-state index in [1.165, 1.54) is 34.4 Å². The van der Waals surface area contributed by atoms with Gasteiger partial charge in [0.25, 0.3) is 0 Å². The van der Waals surface area contributed by atoms with Crippen LogP contribution >= 0.6 is 38.6 Å². The van der Waals surface area contributed by atoms with Gasteiger partial charge in [0, 0.05) is 9.35 Å². The first kappa shape index (κ1) is 12.8. The van der Waals surface area contributed by atoms with Crippen molar-refractivity contribution in [3.05, 3.63) is 44.6 Å². The lowest BCUT2D eigenvalue weighted by molar-refractivity contribution is 0.608. The third kappa shape index (κ3) is 2.28. The number of benzene rings is 1. The first-order valence-electron chi connectivity index (χ1n) is 6.68. The number of nitrogens with one attached hydrogen (secondary N) is 1. The number of anilines is 1. The van der Waals surface area contributed by atoms with Crippen molar-refractivity contribution in [2.45, 2.75) is 25.3 Å². The molecule has 1 aromatic carbocycles. The van der Waals surface area contributed by atoms with E-state index in [1.807, 2.05) is 11.3 Å². The molecule has 0 aliphatic heterocycles. The summed E-state index contributed by atoms with van der Waals surface area (Å²) >= 11 is 7.12. The zero-order valence-corrected chi connectivity index (χ0v) is 13.9. The molecule has 0 saturated heterocycles. The third-order valence-electron chi connectivity index (χ3n) is 3.70. The summed E-state index contributed by atoms with van der Waals surface area (Å²) in [5.74, 6) is 0. The van der Waals surface area contributed by atoms with Gasteiger partial charge in [0.2, 0.25) is 0 Å². The maximum atomic E-state index is 4.71. The van der Waals surface area contributed by atoms with Crippen molar-refractivity contribution >= 4 is 54.0 Å². The van der Waals surface area contributed by atoms with Crippen molar-refractivity contribution < 1.29 is 0 Å². The van der Waals surface area contributed by atoms with Crippen LogP contribution < -0.4 is 5.32 Å². The number of fused-ring (bicyclic) bond motifs is 2. The Kier molecular flexibility index (Phi) is 3.28. The molecule has 20 heavy (non-hydrogen) atoms. The van der Waals surface area contributed by atoms with E-state index in [-0.39, 0.29) is 0 Å². The lowest BCUT2D eigenvalue weighted by atomic mass is 9.94. The fourth-order valence-corrected chi connectivity index (χ4v) is 4.98. The number of thiazole rings is 1. The normalized spacial score (nSPS) is 18.1. The lowest BCUT2D eigenvalue weighted by Gasteiger charge is -2.23. The van der Waals surface area contributed by atoms with Gasteiger partial charge in [-0.25, -0.2) is 4.98 Å². The van der Waals surface area contributed by atoms with Gasteiger partial charge in [-0.1, -0.05) is 27.3 Å². The van der Waals surface area contributed by atoms with Crippen LogP contribution in [0.4, 0.5) is 5.13 Å². The molecular formula is C15H13BrN2S2. The molecule has 1 unspecified atom stereocenters. The fraction of sp³-hybridized carbons (Fsp3) is 0.267. The Morgan fingerprint density at radius 2 is 2.25 bits per heavy atom. The molecule has 0 radical (unpaired) electrons. The van der Waals surface area contributed by atoms with Crippen LogP contribution in [0.1, 0.15) is 29.3 Å². The van der Waals surface area contributed by atoms with E-state index < -0.39 is 0 Å². The number of halogens is 1. The van der Waals surface area contributed by atoms with Gasteiger partial charge in [-0.15, -0.1) is 11.3 Å². The predicted octanol–water partition coefficient (Wildman–Crippen LogP) is 5.61. The van der Waals surface area contributed by atoms with Crippen LogP contribution in [0.5, 0.6) is 0 Å². The van der Waals surface area contributed by atoms with E-state index in [0.717, 1.165) is 15.1 Å². The first-order valence-corrected chi connectivity index (χ1v) is 9.17. The summed E-state index contributed by atoms with van der Waals surface area (Å²) in [7, 11) is 0. The van der Waals surface area contributed by atoms with Crippen LogP contribution in [-0.2, 0) is 6.42 Å². The van der Waals surface area contributed by atoms with Gasteiger partial charge in [-0.3, -0.25) is 0 Å². The van der Waals surface area contributed by atoms with Gasteiger partial charge in [0.1, 0.15) is 0 Å². The number of thiophene rings is 1. The largest absolute Gasteiger partial charge is 0.355 e. The summed E-state index contributed by atoms with van der Waals surface area (Å²) in [5, 5.41) is 6.87. The molecule has 102 valence electrons. The van der Waals surface area contributed by atoms with Crippen LogP contribution in [0.15, 0.2) is 34.1 Å². The predicted molar refractivity (Wildman–Crippen MR) is 90.9 cm³/mol. The number of rotatable bonds is 2. The van der Waals surface area contributed by atoms with Crippen molar-refractivity contribution in [1.29, 1.82) is 0 Å². The quantitative estimate of drug-likeness (QED) is 0.639. The van der Waals surface area contributed by atoms with Crippen LogP contribution in [-0.4, -0.2) is 4.98 Å². The van der Waals surface area contributed by atoms with Gasteiger partial charge >= 0.3 is 0 Å². The number of nitrogens with zero attached hydrogens (tertiary/aromatic N) is 1. The molecule has 0 saturated carbocycles. The Bertz CT molecular complexity index is 762. The highest BCUT2D eigenvalue weighted by Crippen LogP contribution is 2.37. The van der Waals surface area contributed by atoms with Crippen molar-refractivity contribution in [2.24, 2.45) is 0 Å². The fourth-order valence-electron chi connectivity index (χ4n) is 2.75. The number of hydrogen-bond acceptors (Lipinski definition) is 4. The smallest absolute Gasteiger partial charge is 0.184 e. The summed E-state index contributed by atoms with van der Waals surface area (Å²) < 4.78 is 2.32. The Morgan fingerprint density at radius 1 is 1.30 bits per heavy atom. The number of aryl methyl sites for hydroxylation is 1. The minimum atomic E-state index is 0.425. The summed E-state index contributed by atoms with van der Waals surface area (Å²) in [6.07, 6.45) is 3.70. The van der Waals surface area contributed by atoms with Gasteiger partial charge in [-0.2, -0.15) is 0 Å². The lowest BCUT2D eigenvalue weighted by Crippen LogP contribution is -2.15. The molecule has 1 aliphatic rings. The third-order valence-corrected chi connectivity index (χ3v) is 6.16. The van der Waals surface area contributed by atoms with Crippen molar-refractivity contribution in [1.82, 2.24) is 4.98 Å². The van der Waals surface area contributed by atoms with Crippen LogP contribution in [0.25, 0.3) is 10.2 Å². The molecule has 2 heterocycles. The summed E-state index contributed by atoms with van der Waals surface area (Å²) in [5.41, 5.74) is 2.54. The Hall–Kier alpha value is -0.910. The van der Waals surface area contributed by atoms with Crippen LogP contribution in [0.3, 0.4) is 0 Å². The Morgan fingerprint density at radius 3 is 3.20 bits per heavy atom. The van der Waals surface area contributed by atoms with E-state index in [0.29, 0.717) is 6.04 Å². The van der Waals surface area contributed by atoms with Crippen molar-refractivity contribution in [2.75, 3.05) is 5.32 Å². The van der Waals surface area contributed by atoms with Gasteiger partial charge < -0.3 is 5.32 Å². The standard InChI is InChI=1S/C15H13BrN2S2/c16-9-4-5-14-12(8-9)18-15(20-14)17-11-2-1-3-13-10(11)6-7-19-13/h4-8,11H,1-3H2,(H,17,18). The monoisotopic (exact) mass is 364 g/mol. The highest BCUT2D eigenvalue weighted by Gasteiger charge is 2.21. The molecular weight excluding hydrogens is 352 g/mol. The molecule has 3 aromatic rings. The number of hydrogen-bond donors (Lipinski definition) is 1. The van der Waals surface area contributed by atoms with E-state index in [9.17, 15) is 0 Å². The van der Waals surface area contributed by atoms with E-state index in [2.05, 4.69) is 50.9 Å². The molecule has 4 rings (SSSR count). The molecule has 0 bridgehead atoms. The molecule has 5 heteroatoms. The molecule has 1 N–H and O–H groups in total. The van der Waals surface area contributed by atoms with E-state index in [1.54, 1.807) is 11.3 Å². The second-order valence-electron chi connectivity index (χ2n) is 5.02. The molecule has 2 aromatic heterocycles. The average molecular weight is 365 g/mol. The zero-order chi connectivity index (χ0) is 13.5. The van der Waals surface area contributed by atoms with E-state index >= 15 is 0 Å². The van der Waals surface area contributed by atoms with Crippen LogP contribution in [0.2, 0.25) is 0 Å². The molecule has 0 fully saturated rings. The topological polar surface area (TPSA) is 24.9 Å². The maximum absolute atomic E-state index is 4.71. The SMILES string of the molecule is Brc1ccc2sc(NC3CCCc4sccc43)nc2c1. The minimum absolute atomic E-state index is 0.425. The first-order chi connectivity index (χ1) is 9.79. The molecule has 0 amide bonds. The molecule has 2 nitrogen and oxygen atoms in total. The second kappa shape index (κ2) is 5.13. The Labute approximate surface area is 134 Å². The minimum Gasteiger partial charge on any atom is -0.355 e. The molecule has 1 aliphatic carbocycles. The highest BCUT2D eigenvalue weighted by molar-refractivity contribution is 9.10. The summed E-state index contributed by atoms with van der Waals surface area (Å²) in [6.45, 7) is 0. The second-order valence-corrected chi connectivity index (χ2v) is 7.97. The maximum Gasteiger partial charge on any atom is 0.184 e. The zero-order valence-electron chi connectivity index (χ0n) is 10.7. The summed E-state index contributed by atoms with van der Waals surface area (Å²) in [6, 6.07) is 8.96. The average Bonchev–Trinajstić information content (AvgIpc) is 3.04. The molecule has 1 atom stereocenters. The van der Waals surface area contributed by atoms with Gasteiger partial charge in [-0.05, 0) is 54.5 Å². The highest BCUT2D eigenvalue weighted by atomic mass is 79.9. The van der Waals surface area contributed by atoms with Crippen molar-refractivity contribution in [3.63, 3.8) is 0 Å². The Balaban J connectivity index is 1.65. The van der Waals surface area contributed by atoms with E-state index in [4.69, 9.17) is 4.98 Å².